The summed E-state index contributed by atoms with van der Waals surface area (Å²) in [5.74, 6) is -0.370. The molecule has 3 heterocycles. The van der Waals surface area contributed by atoms with E-state index in [1.807, 2.05) is 12.3 Å². The molecule has 0 saturated heterocycles. The van der Waals surface area contributed by atoms with Gasteiger partial charge in [0.25, 0.3) is 0 Å². The lowest BCUT2D eigenvalue weighted by Crippen LogP contribution is -2.05. The summed E-state index contributed by atoms with van der Waals surface area (Å²) >= 11 is 0. The zero-order chi connectivity index (χ0) is 20.3. The van der Waals surface area contributed by atoms with Gasteiger partial charge in [-0.2, -0.15) is 18.3 Å². The van der Waals surface area contributed by atoms with Crippen molar-refractivity contribution in [2.75, 3.05) is 0 Å². The second-order valence-corrected chi connectivity index (χ2v) is 6.60. The van der Waals surface area contributed by atoms with Crippen LogP contribution in [-0.4, -0.2) is 24.5 Å². The molecule has 5 aromatic rings. The molecule has 0 unspecified atom stereocenters. The minimum absolute atomic E-state index is 0.288. The van der Waals surface area contributed by atoms with Crippen molar-refractivity contribution in [1.82, 2.24) is 24.5 Å². The fourth-order valence-electron chi connectivity index (χ4n) is 3.46. The molecular weight excluding hydrogens is 387 g/mol. The number of hydrogen-bond acceptors (Lipinski definition) is 4. The van der Waals surface area contributed by atoms with E-state index >= 15 is 0 Å². The number of rotatable bonds is 2. The van der Waals surface area contributed by atoms with Crippen LogP contribution in [0.15, 0.2) is 58.0 Å². The van der Waals surface area contributed by atoms with Crippen molar-refractivity contribution in [2.24, 2.45) is 7.05 Å². The summed E-state index contributed by atoms with van der Waals surface area (Å²) in [6.45, 7) is 0. The Labute approximate surface area is 160 Å². The lowest BCUT2D eigenvalue weighted by Gasteiger charge is -2.10. The standard InChI is InChI=1S/C19H12F3N5O2/c1-26-9-14-13-8-10(16-23-18(28)29-25-16)2-7-15(13)27(17(14)24-26)12-5-3-11(4-6-12)19(20,21)22/h2-9H,1H3,(H,23,25,28). The molecule has 146 valence electrons. The molecule has 0 saturated carbocycles. The zero-order valence-electron chi connectivity index (χ0n) is 14.9. The monoisotopic (exact) mass is 399 g/mol. The molecule has 0 bridgehead atoms. The van der Waals surface area contributed by atoms with Crippen molar-refractivity contribution in [3.8, 4) is 17.1 Å². The normalized spacial score (nSPS) is 12.3. The quantitative estimate of drug-likeness (QED) is 0.489. The minimum atomic E-state index is -4.40. The van der Waals surface area contributed by atoms with Crippen molar-refractivity contribution < 1.29 is 17.7 Å². The smallest absolute Gasteiger partial charge is 0.296 e. The van der Waals surface area contributed by atoms with Gasteiger partial charge in [-0.3, -0.25) is 18.8 Å². The van der Waals surface area contributed by atoms with Crippen molar-refractivity contribution in [3.63, 3.8) is 0 Å². The molecule has 0 aliphatic carbocycles. The first-order valence-corrected chi connectivity index (χ1v) is 8.53. The average Bonchev–Trinajstić information content (AvgIpc) is 3.34. The van der Waals surface area contributed by atoms with Gasteiger partial charge in [0, 0.05) is 35.3 Å². The first kappa shape index (κ1) is 17.3. The third-order valence-corrected chi connectivity index (χ3v) is 4.72. The molecule has 0 aliphatic rings. The van der Waals surface area contributed by atoms with E-state index in [4.69, 9.17) is 0 Å². The first-order chi connectivity index (χ1) is 13.8. The summed E-state index contributed by atoms with van der Waals surface area (Å²) in [7, 11) is 1.77. The molecular formula is C19H12F3N5O2. The van der Waals surface area contributed by atoms with Crippen LogP contribution in [0.5, 0.6) is 0 Å². The molecule has 0 amide bonds. The third kappa shape index (κ3) is 2.72. The lowest BCUT2D eigenvalue weighted by atomic mass is 10.1. The maximum atomic E-state index is 12.9. The van der Waals surface area contributed by atoms with Gasteiger partial charge in [0.15, 0.2) is 11.5 Å². The number of hydrogen-bond donors (Lipinski definition) is 1. The van der Waals surface area contributed by atoms with Crippen molar-refractivity contribution in [1.29, 1.82) is 0 Å². The summed E-state index contributed by atoms with van der Waals surface area (Å²) in [4.78, 5) is 13.7. The molecule has 2 aromatic carbocycles. The molecule has 0 atom stereocenters. The zero-order valence-corrected chi connectivity index (χ0v) is 14.9. The van der Waals surface area contributed by atoms with E-state index in [0.29, 0.717) is 16.9 Å². The number of nitrogens with one attached hydrogen (secondary N) is 1. The van der Waals surface area contributed by atoms with Gasteiger partial charge in [-0.1, -0.05) is 5.16 Å². The highest BCUT2D eigenvalue weighted by Gasteiger charge is 2.30. The van der Waals surface area contributed by atoms with E-state index < -0.39 is 17.5 Å². The van der Waals surface area contributed by atoms with Crippen LogP contribution in [0, 0.1) is 0 Å². The van der Waals surface area contributed by atoms with E-state index in [2.05, 4.69) is 19.8 Å². The predicted octanol–water partition coefficient (Wildman–Crippen LogP) is 3.88. The molecule has 0 radical (unpaired) electrons. The predicted molar refractivity (Wildman–Crippen MR) is 98.7 cm³/mol. The third-order valence-electron chi connectivity index (χ3n) is 4.72. The van der Waals surface area contributed by atoms with Crippen LogP contribution in [0.3, 0.4) is 0 Å². The highest BCUT2D eigenvalue weighted by atomic mass is 19.4. The van der Waals surface area contributed by atoms with Crippen LogP contribution in [0.2, 0.25) is 0 Å². The molecule has 10 heteroatoms. The lowest BCUT2D eigenvalue weighted by molar-refractivity contribution is -0.137. The number of aromatic nitrogens is 5. The Hall–Kier alpha value is -3.82. The van der Waals surface area contributed by atoms with Crippen LogP contribution in [0.4, 0.5) is 13.2 Å². The maximum absolute atomic E-state index is 12.9. The van der Waals surface area contributed by atoms with Crippen LogP contribution in [-0.2, 0) is 13.2 Å². The summed E-state index contributed by atoms with van der Waals surface area (Å²) in [6.07, 6.45) is -2.57. The molecule has 3 aromatic heterocycles. The van der Waals surface area contributed by atoms with E-state index in [1.165, 1.54) is 12.1 Å². The SMILES string of the molecule is Cn1cc2c3cc(-c4noc(=O)[nH]4)ccc3n(-c3ccc(C(F)(F)F)cc3)c2n1. The molecule has 5 rings (SSSR count). The number of halogens is 3. The van der Waals surface area contributed by atoms with Gasteiger partial charge in [0.1, 0.15) is 0 Å². The van der Waals surface area contributed by atoms with E-state index in [1.54, 1.807) is 28.4 Å². The molecule has 0 spiro atoms. The first-order valence-electron chi connectivity index (χ1n) is 8.53. The highest BCUT2D eigenvalue weighted by Crippen LogP contribution is 2.35. The highest BCUT2D eigenvalue weighted by molar-refractivity contribution is 6.08. The number of fused-ring (bicyclic) bond motifs is 3. The largest absolute Gasteiger partial charge is 0.439 e. The van der Waals surface area contributed by atoms with Crippen molar-refractivity contribution in [3.05, 3.63) is 64.8 Å². The number of aryl methyl sites for hydroxylation is 1. The van der Waals surface area contributed by atoms with Gasteiger partial charge >= 0.3 is 11.9 Å². The summed E-state index contributed by atoms with van der Waals surface area (Å²) in [5.41, 5.74) is 1.84. The second kappa shape index (κ2) is 5.84. The van der Waals surface area contributed by atoms with E-state index in [-0.39, 0.29) is 5.82 Å². The fourth-order valence-corrected chi connectivity index (χ4v) is 3.46. The average molecular weight is 399 g/mol. The Balaban J connectivity index is 1.75. The Bertz CT molecular complexity index is 1420. The van der Waals surface area contributed by atoms with Gasteiger partial charge in [0.2, 0.25) is 0 Å². The number of H-pyrrole nitrogens is 1. The Kier molecular flexibility index (Phi) is 3.48. The summed E-state index contributed by atoms with van der Waals surface area (Å²) < 4.78 is 46.7. The summed E-state index contributed by atoms with van der Waals surface area (Å²) in [5, 5.41) is 9.80. The molecule has 0 aliphatic heterocycles. The van der Waals surface area contributed by atoms with Gasteiger partial charge in [0.05, 0.1) is 11.1 Å². The van der Waals surface area contributed by atoms with Crippen LogP contribution < -0.4 is 5.76 Å². The molecule has 7 nitrogen and oxygen atoms in total. The van der Waals surface area contributed by atoms with Gasteiger partial charge in [-0.25, -0.2) is 4.79 Å². The molecule has 1 N–H and O–H groups in total. The number of alkyl halides is 3. The topological polar surface area (TPSA) is 81.6 Å². The van der Waals surface area contributed by atoms with Crippen LogP contribution in [0.25, 0.3) is 39.0 Å². The number of benzene rings is 2. The molecule has 0 fully saturated rings. The number of nitrogens with zero attached hydrogens (tertiary/aromatic N) is 4. The summed E-state index contributed by atoms with van der Waals surface area (Å²) in [6, 6.07) is 10.3. The van der Waals surface area contributed by atoms with Crippen molar-refractivity contribution >= 4 is 21.9 Å². The minimum Gasteiger partial charge on any atom is -0.296 e. The van der Waals surface area contributed by atoms with Crippen molar-refractivity contribution in [2.45, 2.75) is 6.18 Å². The second-order valence-electron chi connectivity index (χ2n) is 6.60. The van der Waals surface area contributed by atoms with Gasteiger partial charge in [-0.15, -0.1) is 0 Å². The molecule has 29 heavy (non-hydrogen) atoms. The Morgan fingerprint density at radius 3 is 2.48 bits per heavy atom. The van der Waals surface area contributed by atoms with E-state index in [9.17, 15) is 18.0 Å². The van der Waals surface area contributed by atoms with Crippen LogP contribution in [0.1, 0.15) is 5.56 Å². The fraction of sp³-hybridized carbons (Fsp3) is 0.105. The van der Waals surface area contributed by atoms with Crippen LogP contribution >= 0.6 is 0 Å². The van der Waals surface area contributed by atoms with Gasteiger partial charge in [-0.05, 0) is 42.5 Å². The van der Waals surface area contributed by atoms with Gasteiger partial charge < -0.3 is 0 Å². The number of aromatic amines is 1. The Morgan fingerprint density at radius 1 is 1.07 bits per heavy atom. The van der Waals surface area contributed by atoms with E-state index in [0.717, 1.165) is 28.4 Å². The Morgan fingerprint density at radius 2 is 1.83 bits per heavy atom. The maximum Gasteiger partial charge on any atom is 0.439 e.